The summed E-state index contributed by atoms with van der Waals surface area (Å²) in [5, 5.41) is 9.75. The van der Waals surface area contributed by atoms with Crippen LogP contribution in [0.4, 0.5) is 0 Å². The highest BCUT2D eigenvalue weighted by atomic mass is 16.3. The van der Waals surface area contributed by atoms with Gasteiger partial charge in [0.2, 0.25) is 0 Å². The van der Waals surface area contributed by atoms with Crippen LogP contribution in [0, 0.1) is 29.6 Å². The summed E-state index contributed by atoms with van der Waals surface area (Å²) in [4.78, 5) is 0. The van der Waals surface area contributed by atoms with Gasteiger partial charge >= 0.3 is 0 Å². The summed E-state index contributed by atoms with van der Waals surface area (Å²) < 4.78 is 0. The van der Waals surface area contributed by atoms with E-state index < -0.39 is 0 Å². The molecule has 0 bridgehead atoms. The SMILES string of the molecule is CC.CC.CC1CCCC1.CCC(C)C1CCCCC1C(C)C(C)O. The van der Waals surface area contributed by atoms with E-state index >= 15 is 0 Å². The van der Waals surface area contributed by atoms with Gasteiger partial charge in [-0.1, -0.05) is 100 Å². The second-order valence-corrected chi connectivity index (χ2v) is 7.99. The van der Waals surface area contributed by atoms with Crippen molar-refractivity contribution in [2.45, 2.75) is 126 Å². The maximum absolute atomic E-state index is 9.75. The molecule has 5 atom stereocenters. The predicted octanol–water partition coefficient (Wildman–Crippen LogP) is 8.10. The van der Waals surface area contributed by atoms with E-state index in [9.17, 15) is 5.11 Å². The Morgan fingerprint density at radius 3 is 1.48 bits per heavy atom. The van der Waals surface area contributed by atoms with Gasteiger partial charge in [-0.25, -0.2) is 0 Å². The van der Waals surface area contributed by atoms with E-state index in [-0.39, 0.29) is 6.10 Å². The molecule has 2 fully saturated rings. The van der Waals surface area contributed by atoms with Crippen molar-refractivity contribution in [3.05, 3.63) is 0 Å². The summed E-state index contributed by atoms with van der Waals surface area (Å²) in [5.41, 5.74) is 0. The van der Waals surface area contributed by atoms with Gasteiger partial charge < -0.3 is 5.11 Å². The zero-order chi connectivity index (χ0) is 19.8. The highest BCUT2D eigenvalue weighted by Crippen LogP contribution is 2.41. The Balaban J connectivity index is 0. The van der Waals surface area contributed by atoms with Crippen LogP contribution >= 0.6 is 0 Å². The van der Waals surface area contributed by atoms with Crippen LogP contribution in [-0.2, 0) is 0 Å². The van der Waals surface area contributed by atoms with Crippen molar-refractivity contribution in [2.75, 3.05) is 0 Å². The molecule has 1 nitrogen and oxygen atoms in total. The van der Waals surface area contributed by atoms with Gasteiger partial charge in [-0.2, -0.15) is 0 Å². The summed E-state index contributed by atoms with van der Waals surface area (Å²) in [6.07, 6.45) is 12.6. The first-order valence-corrected chi connectivity index (χ1v) is 11.6. The van der Waals surface area contributed by atoms with E-state index in [2.05, 4.69) is 27.7 Å². The molecule has 0 aliphatic heterocycles. The number of aliphatic hydroxyl groups excluding tert-OH is 1. The predicted molar refractivity (Wildman–Crippen MR) is 116 cm³/mol. The molecule has 0 spiro atoms. The van der Waals surface area contributed by atoms with E-state index in [0.717, 1.165) is 23.7 Å². The Hall–Kier alpha value is -0.0400. The summed E-state index contributed by atoms with van der Waals surface area (Å²) in [5.74, 6) is 3.97. The van der Waals surface area contributed by atoms with Crippen molar-refractivity contribution >= 4 is 0 Å². The third kappa shape index (κ3) is 11.3. The topological polar surface area (TPSA) is 20.2 Å². The van der Waals surface area contributed by atoms with Crippen molar-refractivity contribution in [2.24, 2.45) is 29.6 Å². The van der Waals surface area contributed by atoms with Crippen molar-refractivity contribution in [1.29, 1.82) is 0 Å². The van der Waals surface area contributed by atoms with Crippen molar-refractivity contribution in [3.63, 3.8) is 0 Å². The van der Waals surface area contributed by atoms with Crippen molar-refractivity contribution in [1.82, 2.24) is 0 Å². The lowest BCUT2D eigenvalue weighted by molar-refractivity contribution is 0.0368. The average Bonchev–Trinajstić information content (AvgIpc) is 3.15. The van der Waals surface area contributed by atoms with Gasteiger partial charge in [-0.15, -0.1) is 0 Å². The molecule has 2 aliphatic rings. The maximum atomic E-state index is 9.75. The highest BCUT2D eigenvalue weighted by Gasteiger charge is 2.33. The maximum Gasteiger partial charge on any atom is 0.0540 e. The smallest absolute Gasteiger partial charge is 0.0540 e. The van der Waals surface area contributed by atoms with Gasteiger partial charge in [-0.3, -0.25) is 0 Å². The number of rotatable bonds is 4. The van der Waals surface area contributed by atoms with Crippen LogP contribution in [0.1, 0.15) is 120 Å². The van der Waals surface area contributed by atoms with Gasteiger partial charge in [0.15, 0.2) is 0 Å². The molecule has 5 unspecified atom stereocenters. The molecule has 0 aromatic rings. The minimum absolute atomic E-state index is 0.139. The molecule has 2 rings (SSSR count). The lowest BCUT2D eigenvalue weighted by atomic mass is 9.66. The van der Waals surface area contributed by atoms with Crippen LogP contribution in [-0.4, -0.2) is 11.2 Å². The first-order chi connectivity index (χ1) is 12.0. The standard InChI is InChI=1S/C14H28O.C6H12.2C2H6/c1-5-10(2)13-8-6-7-9-14(13)11(3)12(4)15;1-6-4-2-3-5-6;2*1-2/h10-15H,5-9H2,1-4H3;6H,2-5H2,1H3;2*1-2H3. The van der Waals surface area contributed by atoms with Crippen LogP contribution in [0.5, 0.6) is 0 Å². The summed E-state index contributed by atoms with van der Waals surface area (Å²) in [6, 6.07) is 0. The quantitative estimate of drug-likeness (QED) is 0.539. The van der Waals surface area contributed by atoms with Crippen molar-refractivity contribution in [3.8, 4) is 0 Å². The van der Waals surface area contributed by atoms with Crippen LogP contribution in [0.2, 0.25) is 0 Å². The molecule has 25 heavy (non-hydrogen) atoms. The molecule has 0 radical (unpaired) electrons. The first kappa shape index (κ1) is 27.2. The normalized spacial score (nSPS) is 26.6. The largest absolute Gasteiger partial charge is 0.393 e. The first-order valence-electron chi connectivity index (χ1n) is 11.6. The average molecular weight is 357 g/mol. The van der Waals surface area contributed by atoms with E-state index in [1.165, 1.54) is 57.8 Å². The fourth-order valence-corrected chi connectivity index (χ4v) is 4.34. The Morgan fingerprint density at radius 1 is 0.760 bits per heavy atom. The number of aliphatic hydroxyl groups is 1. The fraction of sp³-hybridized carbons (Fsp3) is 1.00. The minimum Gasteiger partial charge on any atom is -0.393 e. The van der Waals surface area contributed by atoms with Gasteiger partial charge in [0.05, 0.1) is 6.10 Å². The molecule has 1 N–H and O–H groups in total. The molecule has 2 aliphatic carbocycles. The molecule has 1 heteroatoms. The third-order valence-electron chi connectivity index (χ3n) is 6.33. The van der Waals surface area contributed by atoms with E-state index in [4.69, 9.17) is 0 Å². The van der Waals surface area contributed by atoms with Crippen molar-refractivity contribution < 1.29 is 5.11 Å². The zero-order valence-electron chi connectivity index (χ0n) is 19.3. The van der Waals surface area contributed by atoms with Gasteiger partial charge in [0.1, 0.15) is 0 Å². The second kappa shape index (κ2) is 17.4. The molecule has 0 saturated heterocycles. The molecule has 0 aromatic carbocycles. The van der Waals surface area contributed by atoms with Crippen LogP contribution in [0.3, 0.4) is 0 Å². The summed E-state index contributed by atoms with van der Waals surface area (Å²) in [6.45, 7) is 19.2. The molecule has 154 valence electrons. The molecule has 2 saturated carbocycles. The zero-order valence-corrected chi connectivity index (χ0v) is 19.3. The summed E-state index contributed by atoms with van der Waals surface area (Å²) >= 11 is 0. The Bertz CT molecular complexity index is 255. The van der Waals surface area contributed by atoms with E-state index in [1.807, 2.05) is 34.6 Å². The minimum atomic E-state index is -0.139. The Kier molecular flexibility index (Phi) is 18.9. The molecular weight excluding hydrogens is 304 g/mol. The van der Waals surface area contributed by atoms with Crippen LogP contribution < -0.4 is 0 Å². The second-order valence-electron chi connectivity index (χ2n) is 7.99. The Morgan fingerprint density at radius 2 is 1.16 bits per heavy atom. The van der Waals surface area contributed by atoms with Crippen LogP contribution in [0.15, 0.2) is 0 Å². The lowest BCUT2D eigenvalue weighted by Crippen LogP contribution is -2.34. The lowest BCUT2D eigenvalue weighted by Gasteiger charge is -2.40. The summed E-state index contributed by atoms with van der Waals surface area (Å²) in [7, 11) is 0. The van der Waals surface area contributed by atoms with E-state index in [0.29, 0.717) is 5.92 Å². The van der Waals surface area contributed by atoms with Gasteiger partial charge in [0.25, 0.3) is 0 Å². The monoisotopic (exact) mass is 356 g/mol. The van der Waals surface area contributed by atoms with Gasteiger partial charge in [-0.05, 0) is 49.4 Å². The highest BCUT2D eigenvalue weighted by molar-refractivity contribution is 4.83. The third-order valence-corrected chi connectivity index (χ3v) is 6.33. The molecule has 0 heterocycles. The Labute approximate surface area is 161 Å². The number of hydrogen-bond acceptors (Lipinski definition) is 1. The van der Waals surface area contributed by atoms with Gasteiger partial charge in [0, 0.05) is 0 Å². The van der Waals surface area contributed by atoms with E-state index in [1.54, 1.807) is 0 Å². The van der Waals surface area contributed by atoms with Crippen LogP contribution in [0.25, 0.3) is 0 Å². The fourth-order valence-electron chi connectivity index (χ4n) is 4.34. The number of hydrogen-bond donors (Lipinski definition) is 1. The molecule has 0 aromatic heterocycles. The molecular formula is C24H52O. The molecule has 0 amide bonds.